The monoisotopic (exact) mass is 254 g/mol. The van der Waals surface area contributed by atoms with Gasteiger partial charge in [-0.25, -0.2) is 18.7 Å². The first-order valence-corrected chi connectivity index (χ1v) is 4.60. The Hall–Kier alpha value is -1.28. The molecule has 1 aromatic heterocycles. The molecule has 0 fully saturated rings. The molecule has 1 aromatic rings. The molecule has 0 aliphatic carbocycles. The molecule has 0 saturated carbocycles. The van der Waals surface area contributed by atoms with Crippen molar-refractivity contribution in [3.63, 3.8) is 0 Å². The summed E-state index contributed by atoms with van der Waals surface area (Å²) in [5, 5.41) is 8.68. The molecule has 0 aliphatic rings. The van der Waals surface area contributed by atoms with Gasteiger partial charge in [0.25, 0.3) is 0 Å². The molecule has 1 rings (SSSR count). The van der Waals surface area contributed by atoms with Gasteiger partial charge in [0.15, 0.2) is 5.82 Å². The highest BCUT2D eigenvalue weighted by molar-refractivity contribution is 5.02. The van der Waals surface area contributed by atoms with Crippen molar-refractivity contribution < 1.29 is 27.4 Å². The summed E-state index contributed by atoms with van der Waals surface area (Å²) in [7, 11) is 0. The lowest BCUT2D eigenvalue weighted by Crippen LogP contribution is -2.32. The van der Waals surface area contributed by atoms with Gasteiger partial charge in [0.2, 0.25) is 0 Å². The molecule has 0 spiro atoms. The molecule has 8 heteroatoms. The molecule has 0 saturated heterocycles. The van der Waals surface area contributed by atoms with Crippen LogP contribution < -0.4 is 0 Å². The van der Waals surface area contributed by atoms with Crippen molar-refractivity contribution in [3.8, 4) is 0 Å². The molecule has 96 valence electrons. The predicted octanol–water partition coefficient (Wildman–Crippen LogP) is 1.39. The van der Waals surface area contributed by atoms with Crippen LogP contribution in [-0.4, -0.2) is 34.0 Å². The lowest BCUT2D eigenvalue weighted by atomic mass is 10.3. The van der Waals surface area contributed by atoms with E-state index in [1.54, 1.807) is 0 Å². The number of hydrogen-bond acceptors (Lipinski definition) is 4. The standard InChI is InChI=1S/C9H10F4N2O2/c10-8(11)9(12,13)5-17-4-7-14-1-6(3-16)2-15-7/h1-2,8,16H,3-5H2. The average Bonchev–Trinajstić information content (AvgIpc) is 2.29. The number of aromatic nitrogens is 2. The average molecular weight is 254 g/mol. The number of nitrogens with zero attached hydrogens (tertiary/aromatic N) is 2. The Morgan fingerprint density at radius 2 is 1.88 bits per heavy atom. The fraction of sp³-hybridized carbons (Fsp3) is 0.556. The fourth-order valence-corrected chi connectivity index (χ4v) is 0.879. The van der Waals surface area contributed by atoms with Crippen LogP contribution in [0.3, 0.4) is 0 Å². The predicted molar refractivity (Wildman–Crippen MR) is 48.6 cm³/mol. The highest BCUT2D eigenvalue weighted by atomic mass is 19.3. The van der Waals surface area contributed by atoms with Crippen LogP contribution >= 0.6 is 0 Å². The minimum atomic E-state index is -4.18. The summed E-state index contributed by atoms with van der Waals surface area (Å²) in [4.78, 5) is 7.37. The molecule has 0 amide bonds. The van der Waals surface area contributed by atoms with E-state index in [0.717, 1.165) is 0 Å². The zero-order valence-corrected chi connectivity index (χ0v) is 8.62. The van der Waals surface area contributed by atoms with E-state index in [9.17, 15) is 17.6 Å². The first-order valence-electron chi connectivity index (χ1n) is 4.60. The number of hydrogen-bond donors (Lipinski definition) is 1. The molecule has 0 aromatic carbocycles. The van der Waals surface area contributed by atoms with Gasteiger partial charge in [0.05, 0.1) is 6.61 Å². The van der Waals surface area contributed by atoms with Crippen molar-refractivity contribution in [2.24, 2.45) is 0 Å². The van der Waals surface area contributed by atoms with Crippen molar-refractivity contribution in [2.45, 2.75) is 25.6 Å². The van der Waals surface area contributed by atoms with Crippen LogP contribution in [0.15, 0.2) is 12.4 Å². The second kappa shape index (κ2) is 5.87. The summed E-state index contributed by atoms with van der Waals surface area (Å²) >= 11 is 0. The summed E-state index contributed by atoms with van der Waals surface area (Å²) in [6.45, 7) is -2.03. The van der Waals surface area contributed by atoms with Crippen molar-refractivity contribution in [2.75, 3.05) is 6.61 Å². The van der Waals surface area contributed by atoms with Crippen LogP contribution in [0.1, 0.15) is 11.4 Å². The van der Waals surface area contributed by atoms with Crippen LogP contribution in [0.4, 0.5) is 17.6 Å². The van der Waals surface area contributed by atoms with Crippen molar-refractivity contribution >= 4 is 0 Å². The Labute approximate surface area is 94.3 Å². The van der Waals surface area contributed by atoms with E-state index in [0.29, 0.717) is 5.56 Å². The first kappa shape index (κ1) is 13.8. The lowest BCUT2D eigenvalue weighted by molar-refractivity contribution is -0.168. The third-order valence-electron chi connectivity index (χ3n) is 1.79. The molecule has 0 unspecified atom stereocenters. The van der Waals surface area contributed by atoms with E-state index in [2.05, 4.69) is 14.7 Å². The summed E-state index contributed by atoms with van der Waals surface area (Å²) in [6, 6.07) is 0. The van der Waals surface area contributed by atoms with Crippen LogP contribution in [0.5, 0.6) is 0 Å². The zero-order valence-electron chi connectivity index (χ0n) is 8.62. The largest absolute Gasteiger partial charge is 0.392 e. The second-order valence-electron chi connectivity index (χ2n) is 3.22. The molecule has 0 bridgehead atoms. The third-order valence-corrected chi connectivity index (χ3v) is 1.79. The Bertz CT molecular complexity index is 345. The van der Waals surface area contributed by atoms with E-state index in [4.69, 9.17) is 5.11 Å². The van der Waals surface area contributed by atoms with Gasteiger partial charge in [-0.15, -0.1) is 0 Å². The first-order chi connectivity index (χ1) is 7.95. The van der Waals surface area contributed by atoms with Crippen LogP contribution in [-0.2, 0) is 18.0 Å². The van der Waals surface area contributed by atoms with Gasteiger partial charge in [-0.1, -0.05) is 0 Å². The Kier molecular flexibility index (Phi) is 4.76. The third kappa shape index (κ3) is 4.23. The minimum Gasteiger partial charge on any atom is -0.392 e. The summed E-state index contributed by atoms with van der Waals surface area (Å²) in [5.74, 6) is -4.10. The number of aliphatic hydroxyl groups excluding tert-OH is 1. The normalized spacial score (nSPS) is 12.1. The van der Waals surface area contributed by atoms with E-state index in [1.807, 2.05) is 0 Å². The maximum atomic E-state index is 12.4. The van der Waals surface area contributed by atoms with Crippen LogP contribution in [0.25, 0.3) is 0 Å². The van der Waals surface area contributed by atoms with Gasteiger partial charge < -0.3 is 9.84 Å². The van der Waals surface area contributed by atoms with Crippen molar-refractivity contribution in [1.29, 1.82) is 0 Å². The topological polar surface area (TPSA) is 55.2 Å². The molecule has 1 heterocycles. The van der Waals surface area contributed by atoms with E-state index < -0.39 is 25.6 Å². The second-order valence-corrected chi connectivity index (χ2v) is 3.22. The number of aliphatic hydroxyl groups is 1. The Morgan fingerprint density at radius 1 is 1.29 bits per heavy atom. The van der Waals surface area contributed by atoms with Gasteiger partial charge in [0.1, 0.15) is 13.2 Å². The van der Waals surface area contributed by atoms with Crippen molar-refractivity contribution in [1.82, 2.24) is 9.97 Å². The molecular weight excluding hydrogens is 244 g/mol. The molecule has 0 atom stereocenters. The van der Waals surface area contributed by atoms with Gasteiger partial charge in [-0.05, 0) is 0 Å². The van der Waals surface area contributed by atoms with Crippen LogP contribution in [0, 0.1) is 0 Å². The molecule has 17 heavy (non-hydrogen) atoms. The van der Waals surface area contributed by atoms with Crippen LogP contribution in [0.2, 0.25) is 0 Å². The molecular formula is C9H10F4N2O2. The minimum absolute atomic E-state index is 0.0762. The van der Waals surface area contributed by atoms with Gasteiger partial charge >= 0.3 is 12.3 Å². The Morgan fingerprint density at radius 3 is 2.35 bits per heavy atom. The van der Waals surface area contributed by atoms with E-state index >= 15 is 0 Å². The van der Waals surface area contributed by atoms with Gasteiger partial charge in [-0.3, -0.25) is 0 Å². The molecule has 0 radical (unpaired) electrons. The highest BCUT2D eigenvalue weighted by Gasteiger charge is 2.40. The SMILES string of the molecule is OCc1cnc(COCC(F)(F)C(F)F)nc1. The molecule has 0 aliphatic heterocycles. The smallest absolute Gasteiger partial charge is 0.330 e. The van der Waals surface area contributed by atoms with Crippen molar-refractivity contribution in [3.05, 3.63) is 23.8 Å². The zero-order chi connectivity index (χ0) is 12.9. The fourth-order valence-electron chi connectivity index (χ4n) is 0.879. The summed E-state index contributed by atoms with van der Waals surface area (Å²) in [6.07, 6.45) is -1.19. The van der Waals surface area contributed by atoms with Gasteiger partial charge in [-0.2, -0.15) is 8.78 Å². The van der Waals surface area contributed by atoms with E-state index in [1.165, 1.54) is 12.4 Å². The lowest BCUT2D eigenvalue weighted by Gasteiger charge is -2.14. The molecule has 1 N–H and O–H groups in total. The van der Waals surface area contributed by atoms with E-state index in [-0.39, 0.29) is 12.4 Å². The molecule has 4 nitrogen and oxygen atoms in total. The highest BCUT2D eigenvalue weighted by Crippen LogP contribution is 2.23. The number of ether oxygens (including phenoxy) is 1. The quantitative estimate of drug-likeness (QED) is 0.779. The number of halogens is 4. The number of rotatable bonds is 6. The summed E-state index contributed by atoms with van der Waals surface area (Å²) in [5.41, 5.74) is 0.451. The maximum Gasteiger partial charge on any atom is 0.330 e. The van der Waals surface area contributed by atoms with Gasteiger partial charge in [0, 0.05) is 18.0 Å². The Balaban J connectivity index is 2.40. The summed E-state index contributed by atoms with van der Waals surface area (Å²) < 4.78 is 52.7. The number of alkyl halides is 4. The maximum absolute atomic E-state index is 12.4.